The second-order valence-corrected chi connectivity index (χ2v) is 5.64. The number of nitrogens with two attached hydrogens (primary N) is 1. The normalized spacial score (nSPS) is 10.4. The highest BCUT2D eigenvalue weighted by molar-refractivity contribution is 7.99. The van der Waals surface area contributed by atoms with Crippen molar-refractivity contribution >= 4 is 17.7 Å². The van der Waals surface area contributed by atoms with Crippen LogP contribution in [0.3, 0.4) is 0 Å². The van der Waals surface area contributed by atoms with Crippen LogP contribution in [0.15, 0.2) is 23.1 Å². The largest absolute Gasteiger partial charge is 0.294 e. The second-order valence-electron chi connectivity index (χ2n) is 4.47. The molecule has 3 N–H and O–H groups in total. The number of hydrogen-bond acceptors (Lipinski definition) is 3. The third kappa shape index (κ3) is 5.56. The molecule has 1 aromatic rings. The lowest BCUT2D eigenvalue weighted by atomic mass is 10.1. The van der Waals surface area contributed by atoms with E-state index in [1.807, 2.05) is 11.8 Å². The molecule has 4 heteroatoms. The number of unbranched alkanes of at least 4 members (excludes halogenated alkanes) is 2. The van der Waals surface area contributed by atoms with Gasteiger partial charge in [0.25, 0.3) is 0 Å². The fourth-order valence-corrected chi connectivity index (χ4v) is 2.64. The molecule has 0 aliphatic carbocycles. The van der Waals surface area contributed by atoms with Gasteiger partial charge in [-0.1, -0.05) is 12.5 Å². The maximum absolute atomic E-state index is 10.9. The number of amides is 1. The lowest BCUT2D eigenvalue weighted by Crippen LogP contribution is -2.29. The molecule has 0 aliphatic heterocycles. The van der Waals surface area contributed by atoms with Crippen LogP contribution in [0, 0.1) is 13.8 Å². The number of hydrazine groups is 1. The Morgan fingerprint density at radius 2 is 2.00 bits per heavy atom. The Morgan fingerprint density at radius 1 is 1.22 bits per heavy atom. The first-order valence-electron chi connectivity index (χ1n) is 6.33. The maximum Gasteiger partial charge on any atom is 0.233 e. The summed E-state index contributed by atoms with van der Waals surface area (Å²) in [6.07, 6.45) is 3.65. The van der Waals surface area contributed by atoms with Gasteiger partial charge in [0, 0.05) is 11.3 Å². The Bertz CT molecular complexity index is 393. The molecule has 0 bridgehead atoms. The van der Waals surface area contributed by atoms with Crippen LogP contribution in [0.4, 0.5) is 0 Å². The van der Waals surface area contributed by atoms with E-state index in [0.717, 1.165) is 25.0 Å². The minimum absolute atomic E-state index is 0.0724. The number of rotatable bonds is 7. The van der Waals surface area contributed by atoms with Crippen molar-refractivity contribution in [2.24, 2.45) is 5.84 Å². The van der Waals surface area contributed by atoms with Crippen LogP contribution in [0.2, 0.25) is 0 Å². The monoisotopic (exact) mass is 266 g/mol. The third-order valence-electron chi connectivity index (χ3n) is 2.96. The van der Waals surface area contributed by atoms with Gasteiger partial charge in [-0.05, 0) is 55.7 Å². The Balaban J connectivity index is 2.14. The van der Waals surface area contributed by atoms with Crippen molar-refractivity contribution in [1.82, 2.24) is 5.43 Å². The van der Waals surface area contributed by atoms with Gasteiger partial charge in [0.1, 0.15) is 0 Å². The predicted molar refractivity (Wildman–Crippen MR) is 77.4 cm³/mol. The highest BCUT2D eigenvalue weighted by atomic mass is 32.2. The quantitative estimate of drug-likeness (QED) is 0.262. The van der Waals surface area contributed by atoms with E-state index in [1.54, 1.807) is 0 Å². The zero-order chi connectivity index (χ0) is 13.4. The Kier molecular flexibility index (Phi) is 6.83. The maximum atomic E-state index is 10.9. The minimum atomic E-state index is -0.0724. The van der Waals surface area contributed by atoms with Crippen LogP contribution in [0.5, 0.6) is 0 Å². The van der Waals surface area contributed by atoms with Crippen LogP contribution in [-0.4, -0.2) is 11.7 Å². The summed E-state index contributed by atoms with van der Waals surface area (Å²) in [5.74, 6) is 6.04. The van der Waals surface area contributed by atoms with E-state index in [-0.39, 0.29) is 5.91 Å². The number of hydrogen-bond donors (Lipinski definition) is 2. The van der Waals surface area contributed by atoms with Crippen molar-refractivity contribution in [3.05, 3.63) is 29.3 Å². The van der Waals surface area contributed by atoms with E-state index < -0.39 is 0 Å². The molecule has 100 valence electrons. The van der Waals surface area contributed by atoms with E-state index >= 15 is 0 Å². The average molecular weight is 266 g/mol. The van der Waals surface area contributed by atoms with E-state index in [0.29, 0.717) is 6.42 Å². The summed E-state index contributed by atoms with van der Waals surface area (Å²) < 4.78 is 0. The molecule has 0 atom stereocenters. The average Bonchev–Trinajstić information content (AvgIpc) is 2.37. The van der Waals surface area contributed by atoms with Crippen molar-refractivity contribution in [2.75, 3.05) is 5.75 Å². The zero-order valence-corrected chi connectivity index (χ0v) is 12.0. The Labute approximate surface area is 113 Å². The molecule has 0 saturated carbocycles. The van der Waals surface area contributed by atoms with E-state index in [1.165, 1.54) is 16.0 Å². The number of nitrogens with one attached hydrogen (secondary N) is 1. The smallest absolute Gasteiger partial charge is 0.233 e. The molecule has 1 amide bonds. The molecule has 3 nitrogen and oxygen atoms in total. The summed E-state index contributed by atoms with van der Waals surface area (Å²) in [7, 11) is 0. The van der Waals surface area contributed by atoms with Gasteiger partial charge in [0.15, 0.2) is 0 Å². The lowest BCUT2D eigenvalue weighted by molar-refractivity contribution is -0.121. The van der Waals surface area contributed by atoms with E-state index in [9.17, 15) is 4.79 Å². The molecule has 0 radical (unpaired) electrons. The molecule has 1 aromatic carbocycles. The first-order valence-corrected chi connectivity index (χ1v) is 7.31. The number of carbonyl (C=O) groups is 1. The van der Waals surface area contributed by atoms with Gasteiger partial charge in [-0.2, -0.15) is 0 Å². The Morgan fingerprint density at radius 3 is 2.67 bits per heavy atom. The molecule has 1 rings (SSSR count). The predicted octanol–water partition coefficient (Wildman–Crippen LogP) is 2.95. The molecule has 0 saturated heterocycles. The van der Waals surface area contributed by atoms with E-state index in [4.69, 9.17) is 5.84 Å². The summed E-state index contributed by atoms with van der Waals surface area (Å²) in [5.41, 5.74) is 4.84. The minimum Gasteiger partial charge on any atom is -0.294 e. The second kappa shape index (κ2) is 8.16. The van der Waals surface area contributed by atoms with Crippen molar-refractivity contribution in [3.8, 4) is 0 Å². The zero-order valence-electron chi connectivity index (χ0n) is 11.2. The van der Waals surface area contributed by atoms with Gasteiger partial charge in [0.2, 0.25) is 5.91 Å². The van der Waals surface area contributed by atoms with E-state index in [2.05, 4.69) is 37.5 Å². The number of benzene rings is 1. The molecule has 0 aromatic heterocycles. The van der Waals surface area contributed by atoms with Gasteiger partial charge in [0.05, 0.1) is 0 Å². The molecule has 18 heavy (non-hydrogen) atoms. The standard InChI is InChI=1S/C14H22N2OS/c1-11-7-8-13(10-12(11)2)18-9-5-3-4-6-14(17)16-15/h7-8,10H,3-6,9,15H2,1-2H3,(H,16,17). The first kappa shape index (κ1) is 15.1. The summed E-state index contributed by atoms with van der Waals surface area (Å²) in [6, 6.07) is 6.58. The van der Waals surface area contributed by atoms with Crippen LogP contribution in [0.25, 0.3) is 0 Å². The molecular weight excluding hydrogens is 244 g/mol. The molecule has 0 aliphatic rings. The third-order valence-corrected chi connectivity index (χ3v) is 4.04. The van der Waals surface area contributed by atoms with Crippen LogP contribution in [-0.2, 0) is 4.79 Å². The van der Waals surface area contributed by atoms with Crippen LogP contribution >= 0.6 is 11.8 Å². The Hall–Kier alpha value is -1.00. The molecule has 0 heterocycles. The number of carbonyl (C=O) groups excluding carboxylic acids is 1. The van der Waals surface area contributed by atoms with Crippen LogP contribution < -0.4 is 11.3 Å². The number of thioether (sulfide) groups is 1. The summed E-state index contributed by atoms with van der Waals surface area (Å²) in [5, 5.41) is 0. The number of aryl methyl sites for hydroxylation is 2. The fraction of sp³-hybridized carbons (Fsp3) is 0.500. The van der Waals surface area contributed by atoms with Gasteiger partial charge in [-0.25, -0.2) is 5.84 Å². The van der Waals surface area contributed by atoms with Crippen LogP contribution in [0.1, 0.15) is 36.8 Å². The van der Waals surface area contributed by atoms with Gasteiger partial charge in [-0.15, -0.1) is 11.8 Å². The summed E-state index contributed by atoms with van der Waals surface area (Å²) >= 11 is 1.88. The lowest BCUT2D eigenvalue weighted by Gasteiger charge is -2.05. The fourth-order valence-electron chi connectivity index (χ4n) is 1.63. The van der Waals surface area contributed by atoms with Crippen molar-refractivity contribution < 1.29 is 4.79 Å². The molecular formula is C14H22N2OS. The van der Waals surface area contributed by atoms with Crippen molar-refractivity contribution in [2.45, 2.75) is 44.4 Å². The van der Waals surface area contributed by atoms with Gasteiger partial charge < -0.3 is 0 Å². The highest BCUT2D eigenvalue weighted by Gasteiger charge is 1.99. The summed E-state index contributed by atoms with van der Waals surface area (Å²) in [4.78, 5) is 12.2. The van der Waals surface area contributed by atoms with Crippen molar-refractivity contribution in [1.29, 1.82) is 0 Å². The van der Waals surface area contributed by atoms with Gasteiger partial charge >= 0.3 is 0 Å². The van der Waals surface area contributed by atoms with Crippen molar-refractivity contribution in [3.63, 3.8) is 0 Å². The SMILES string of the molecule is Cc1ccc(SCCCCCC(=O)NN)cc1C. The van der Waals surface area contributed by atoms with Gasteiger partial charge in [-0.3, -0.25) is 10.2 Å². The highest BCUT2D eigenvalue weighted by Crippen LogP contribution is 2.22. The molecule has 0 spiro atoms. The first-order chi connectivity index (χ1) is 8.63. The topological polar surface area (TPSA) is 55.1 Å². The molecule has 0 fully saturated rings. The summed E-state index contributed by atoms with van der Waals surface area (Å²) in [6.45, 7) is 4.27. The molecule has 0 unspecified atom stereocenters.